The van der Waals surface area contributed by atoms with Crippen LogP contribution >= 0.6 is 15.6 Å². The summed E-state index contributed by atoms with van der Waals surface area (Å²) in [6.07, 6.45) is -0.122. The number of hydrogen-bond acceptors (Lipinski definition) is 5. The molecule has 0 heterocycles. The van der Waals surface area contributed by atoms with E-state index in [-0.39, 0.29) is 0 Å². The SMILES string of the molecule is CCCC(O)C(=O)O.O=P(O)(O)OP(=O)(O)O. The van der Waals surface area contributed by atoms with E-state index in [1.54, 1.807) is 0 Å². The Morgan fingerprint density at radius 1 is 1.18 bits per heavy atom. The Bertz CT molecular complexity index is 295. The van der Waals surface area contributed by atoms with Gasteiger partial charge in [0.25, 0.3) is 0 Å². The topological polar surface area (TPSA) is 182 Å². The van der Waals surface area contributed by atoms with Gasteiger partial charge >= 0.3 is 21.6 Å². The van der Waals surface area contributed by atoms with Crippen LogP contribution in [0, 0.1) is 0 Å². The monoisotopic (exact) mass is 296 g/mol. The maximum atomic E-state index is 9.84. The van der Waals surface area contributed by atoms with E-state index in [2.05, 4.69) is 4.31 Å². The molecule has 0 aliphatic rings. The Hall–Kier alpha value is -0.310. The number of phosphoric acid groups is 2. The quantitative estimate of drug-likeness (QED) is 0.359. The molecule has 104 valence electrons. The highest BCUT2D eigenvalue weighted by molar-refractivity contribution is 7.60. The van der Waals surface area contributed by atoms with Crippen LogP contribution < -0.4 is 0 Å². The normalized spacial score (nSPS) is 13.5. The second kappa shape index (κ2) is 7.91. The first-order valence-electron chi connectivity index (χ1n) is 4.12. The van der Waals surface area contributed by atoms with Crippen LogP contribution in [0.4, 0.5) is 0 Å². The molecule has 0 bridgehead atoms. The number of carboxylic acids is 1. The molecular formula is C5H14O10P2. The minimum atomic E-state index is -5.05. The number of rotatable bonds is 5. The van der Waals surface area contributed by atoms with Gasteiger partial charge in [-0.1, -0.05) is 13.3 Å². The second-order valence-electron chi connectivity index (χ2n) is 2.71. The summed E-state index contributed by atoms with van der Waals surface area (Å²) >= 11 is 0. The molecule has 0 spiro atoms. The molecule has 17 heavy (non-hydrogen) atoms. The van der Waals surface area contributed by atoms with Gasteiger partial charge in [-0.3, -0.25) is 0 Å². The fraction of sp³-hybridized carbons (Fsp3) is 0.800. The second-order valence-corrected chi connectivity index (χ2v) is 5.32. The number of aliphatic hydroxyl groups is 1. The lowest BCUT2D eigenvalue weighted by atomic mass is 10.2. The Morgan fingerprint density at radius 3 is 1.59 bits per heavy atom. The molecule has 0 aliphatic carbocycles. The van der Waals surface area contributed by atoms with Crippen molar-refractivity contribution in [2.75, 3.05) is 0 Å². The summed E-state index contributed by atoms with van der Waals surface area (Å²) in [5.41, 5.74) is 0. The molecule has 12 heteroatoms. The molecule has 1 atom stereocenters. The summed E-state index contributed by atoms with van der Waals surface area (Å²) in [5.74, 6) is -1.13. The number of carboxylic acid groups (broad SMARTS) is 1. The lowest BCUT2D eigenvalue weighted by molar-refractivity contribution is -0.146. The van der Waals surface area contributed by atoms with Gasteiger partial charge in [-0.2, -0.15) is 4.31 Å². The van der Waals surface area contributed by atoms with Crippen LogP contribution in [0.2, 0.25) is 0 Å². The van der Waals surface area contributed by atoms with Crippen molar-refractivity contribution in [3.05, 3.63) is 0 Å². The minimum Gasteiger partial charge on any atom is -0.479 e. The zero-order valence-corrected chi connectivity index (χ0v) is 10.5. The average molecular weight is 296 g/mol. The Kier molecular flexibility index (Phi) is 8.86. The number of aliphatic carboxylic acids is 1. The molecule has 0 saturated carbocycles. The molecule has 0 aromatic rings. The van der Waals surface area contributed by atoms with Crippen molar-refractivity contribution in [3.8, 4) is 0 Å². The van der Waals surface area contributed by atoms with Crippen molar-refractivity contribution < 1.29 is 48.0 Å². The first-order chi connectivity index (χ1) is 7.39. The van der Waals surface area contributed by atoms with Gasteiger partial charge in [0.05, 0.1) is 0 Å². The molecule has 1 unspecified atom stereocenters. The molecule has 0 radical (unpaired) electrons. The fourth-order valence-corrected chi connectivity index (χ4v) is 1.64. The van der Waals surface area contributed by atoms with Crippen molar-refractivity contribution in [1.29, 1.82) is 0 Å². The molecular weight excluding hydrogens is 282 g/mol. The third-order valence-electron chi connectivity index (χ3n) is 1.06. The molecule has 0 aromatic carbocycles. The van der Waals surface area contributed by atoms with Crippen LogP contribution in [-0.2, 0) is 18.2 Å². The van der Waals surface area contributed by atoms with E-state index in [4.69, 9.17) is 29.8 Å². The van der Waals surface area contributed by atoms with Gasteiger partial charge in [-0.25, -0.2) is 13.9 Å². The van der Waals surface area contributed by atoms with Gasteiger partial charge in [0.1, 0.15) is 0 Å². The van der Waals surface area contributed by atoms with Crippen molar-refractivity contribution in [2.24, 2.45) is 0 Å². The number of carbonyl (C=O) groups is 1. The van der Waals surface area contributed by atoms with E-state index in [0.717, 1.165) is 0 Å². The highest BCUT2D eigenvalue weighted by atomic mass is 31.3. The summed E-state index contributed by atoms with van der Waals surface area (Å²) in [6.45, 7) is 1.83. The maximum Gasteiger partial charge on any atom is 0.478 e. The summed E-state index contributed by atoms with van der Waals surface area (Å²) in [6, 6.07) is 0. The first kappa shape index (κ1) is 19.0. The highest BCUT2D eigenvalue weighted by Gasteiger charge is 2.27. The van der Waals surface area contributed by atoms with E-state index < -0.39 is 27.7 Å². The van der Waals surface area contributed by atoms with E-state index >= 15 is 0 Å². The highest BCUT2D eigenvalue weighted by Crippen LogP contribution is 2.53. The summed E-state index contributed by atoms with van der Waals surface area (Å²) < 4.78 is 22.2. The zero-order chi connectivity index (χ0) is 14.3. The predicted octanol–water partition coefficient (Wildman–Crippen LogP) is -0.580. The Morgan fingerprint density at radius 2 is 1.53 bits per heavy atom. The largest absolute Gasteiger partial charge is 0.479 e. The van der Waals surface area contributed by atoms with Crippen LogP contribution in [0.3, 0.4) is 0 Å². The molecule has 0 aliphatic heterocycles. The van der Waals surface area contributed by atoms with Crippen LogP contribution in [-0.4, -0.2) is 41.9 Å². The number of hydrogen-bond donors (Lipinski definition) is 6. The first-order valence-corrected chi connectivity index (χ1v) is 7.18. The molecule has 0 rings (SSSR count). The van der Waals surface area contributed by atoms with Gasteiger partial charge in [-0.05, 0) is 6.42 Å². The molecule has 0 amide bonds. The molecule has 0 saturated heterocycles. The van der Waals surface area contributed by atoms with E-state index in [1.807, 2.05) is 6.92 Å². The molecule has 10 nitrogen and oxygen atoms in total. The predicted molar refractivity (Wildman–Crippen MR) is 53.7 cm³/mol. The van der Waals surface area contributed by atoms with Crippen molar-refractivity contribution in [1.82, 2.24) is 0 Å². The van der Waals surface area contributed by atoms with E-state index in [0.29, 0.717) is 12.8 Å². The third-order valence-corrected chi connectivity index (χ3v) is 2.76. The van der Waals surface area contributed by atoms with Crippen LogP contribution in [0.25, 0.3) is 0 Å². The smallest absolute Gasteiger partial charge is 0.478 e. The van der Waals surface area contributed by atoms with Crippen molar-refractivity contribution in [3.63, 3.8) is 0 Å². The summed E-state index contributed by atoms with van der Waals surface area (Å²) in [7, 11) is -10.1. The minimum absolute atomic E-state index is 0.343. The summed E-state index contributed by atoms with van der Waals surface area (Å²) in [5, 5.41) is 16.6. The molecule has 0 fully saturated rings. The van der Waals surface area contributed by atoms with Gasteiger partial charge in [0, 0.05) is 0 Å². The van der Waals surface area contributed by atoms with Gasteiger partial charge in [0.2, 0.25) is 0 Å². The van der Waals surface area contributed by atoms with Crippen LogP contribution in [0.15, 0.2) is 0 Å². The third kappa shape index (κ3) is 18.3. The maximum absolute atomic E-state index is 9.84. The van der Waals surface area contributed by atoms with Crippen molar-refractivity contribution >= 4 is 21.6 Å². The van der Waals surface area contributed by atoms with Gasteiger partial charge < -0.3 is 29.8 Å². The standard InChI is InChI=1S/C5H10O3.H4O7P2/c1-2-3-4(6)5(7)8;1-8(2,3)7-9(4,5)6/h4,6H,2-3H2,1H3,(H,7,8);(H2,1,2,3)(H2,4,5,6). The molecule has 6 N–H and O–H groups in total. The zero-order valence-electron chi connectivity index (χ0n) is 8.70. The lowest BCUT2D eigenvalue weighted by Gasteiger charge is -2.03. The average Bonchev–Trinajstić information content (AvgIpc) is 1.98. The summed E-state index contributed by atoms with van der Waals surface area (Å²) in [4.78, 5) is 40.8. The lowest BCUT2D eigenvalue weighted by Crippen LogP contribution is -2.18. The Balaban J connectivity index is 0. The Labute approximate surface area is 96.3 Å². The van der Waals surface area contributed by atoms with E-state index in [9.17, 15) is 13.9 Å². The van der Waals surface area contributed by atoms with E-state index in [1.165, 1.54) is 0 Å². The van der Waals surface area contributed by atoms with Crippen LogP contribution in [0.5, 0.6) is 0 Å². The van der Waals surface area contributed by atoms with Crippen molar-refractivity contribution in [2.45, 2.75) is 25.9 Å². The van der Waals surface area contributed by atoms with Crippen LogP contribution in [0.1, 0.15) is 19.8 Å². The van der Waals surface area contributed by atoms with Gasteiger partial charge in [0.15, 0.2) is 6.10 Å². The van der Waals surface area contributed by atoms with Gasteiger partial charge in [-0.15, -0.1) is 0 Å². The number of aliphatic hydroxyl groups excluding tert-OH is 1. The molecule has 0 aromatic heterocycles. The fourth-order valence-electron chi connectivity index (χ4n) is 0.535.